The van der Waals surface area contributed by atoms with Gasteiger partial charge in [-0.05, 0) is 24.6 Å². The molecule has 0 saturated carbocycles. The van der Waals surface area contributed by atoms with E-state index in [-0.39, 0.29) is 10.9 Å². The van der Waals surface area contributed by atoms with E-state index >= 15 is 0 Å². The smallest absolute Gasteiger partial charge is 0.197 e. The topological polar surface area (TPSA) is 86.2 Å². The van der Waals surface area contributed by atoms with E-state index in [0.29, 0.717) is 23.4 Å². The number of aromatic nitrogens is 1. The van der Waals surface area contributed by atoms with Gasteiger partial charge in [0, 0.05) is 18.7 Å². The normalized spacial score (nSPS) is 13.8. The van der Waals surface area contributed by atoms with Gasteiger partial charge in [-0.15, -0.1) is 0 Å². The minimum atomic E-state index is -3.22. The van der Waals surface area contributed by atoms with E-state index in [0.717, 1.165) is 12.8 Å². The van der Waals surface area contributed by atoms with Crippen LogP contribution in [0.25, 0.3) is 11.1 Å². The lowest BCUT2D eigenvalue weighted by Crippen LogP contribution is -2.22. The van der Waals surface area contributed by atoms with Crippen LogP contribution >= 0.6 is 0 Å². The summed E-state index contributed by atoms with van der Waals surface area (Å²) in [7, 11) is -3.22. The summed E-state index contributed by atoms with van der Waals surface area (Å²) in [5.74, 6) is 0.557. The van der Waals surface area contributed by atoms with E-state index in [1.807, 2.05) is 0 Å². The molecule has 0 radical (unpaired) electrons. The predicted molar refractivity (Wildman–Crippen MR) is 73.7 cm³/mol. The zero-order valence-electron chi connectivity index (χ0n) is 11.1. The monoisotopic (exact) mass is 282 g/mol. The second kappa shape index (κ2) is 5.30. The maximum absolute atomic E-state index is 11.5. The average Bonchev–Trinajstić information content (AvgIpc) is 2.68. The summed E-state index contributed by atoms with van der Waals surface area (Å²) in [5.41, 5.74) is 7.09. The standard InChI is InChI=1S/C13H18N2O3S/c1-3-4-9(14)7-13-15-11-8-10(19(2,16)17)5-6-12(11)18-13/h5-6,8-9H,3-4,7,14H2,1-2H3. The summed E-state index contributed by atoms with van der Waals surface area (Å²) >= 11 is 0. The zero-order valence-corrected chi connectivity index (χ0v) is 11.9. The maximum Gasteiger partial charge on any atom is 0.197 e. The second-order valence-electron chi connectivity index (χ2n) is 4.76. The fourth-order valence-corrected chi connectivity index (χ4v) is 2.61. The van der Waals surface area contributed by atoms with Crippen LogP contribution in [0.5, 0.6) is 0 Å². The maximum atomic E-state index is 11.5. The molecule has 0 amide bonds. The second-order valence-corrected chi connectivity index (χ2v) is 6.78. The van der Waals surface area contributed by atoms with E-state index in [9.17, 15) is 8.42 Å². The SMILES string of the molecule is CCCC(N)Cc1nc2cc(S(C)(=O)=O)ccc2o1. The van der Waals surface area contributed by atoms with Crippen molar-refractivity contribution >= 4 is 20.9 Å². The number of fused-ring (bicyclic) bond motifs is 1. The van der Waals surface area contributed by atoms with Gasteiger partial charge in [-0.2, -0.15) is 0 Å². The van der Waals surface area contributed by atoms with Gasteiger partial charge >= 0.3 is 0 Å². The zero-order chi connectivity index (χ0) is 14.0. The van der Waals surface area contributed by atoms with Gasteiger partial charge in [0.05, 0.1) is 4.90 Å². The first kappa shape index (κ1) is 14.0. The number of rotatable bonds is 5. The summed E-state index contributed by atoms with van der Waals surface area (Å²) in [4.78, 5) is 4.55. The molecule has 1 unspecified atom stereocenters. The van der Waals surface area contributed by atoms with Gasteiger partial charge in [0.25, 0.3) is 0 Å². The molecule has 1 heterocycles. The van der Waals surface area contributed by atoms with E-state index < -0.39 is 9.84 Å². The number of sulfone groups is 1. The average molecular weight is 282 g/mol. The van der Waals surface area contributed by atoms with Crippen molar-refractivity contribution in [2.24, 2.45) is 5.73 Å². The molecule has 19 heavy (non-hydrogen) atoms. The van der Waals surface area contributed by atoms with Crippen molar-refractivity contribution in [1.29, 1.82) is 0 Å². The van der Waals surface area contributed by atoms with Gasteiger partial charge in [-0.3, -0.25) is 0 Å². The van der Waals surface area contributed by atoms with Crippen LogP contribution in [0.1, 0.15) is 25.7 Å². The first-order valence-electron chi connectivity index (χ1n) is 6.25. The third-order valence-electron chi connectivity index (χ3n) is 2.93. The Morgan fingerprint density at radius 3 is 2.79 bits per heavy atom. The van der Waals surface area contributed by atoms with Crippen LogP contribution in [0.4, 0.5) is 0 Å². The van der Waals surface area contributed by atoms with Crippen molar-refractivity contribution in [3.63, 3.8) is 0 Å². The van der Waals surface area contributed by atoms with Crippen molar-refractivity contribution in [2.45, 2.75) is 37.1 Å². The largest absolute Gasteiger partial charge is 0.441 e. The van der Waals surface area contributed by atoms with Crippen molar-refractivity contribution in [3.8, 4) is 0 Å². The van der Waals surface area contributed by atoms with Crippen molar-refractivity contribution in [3.05, 3.63) is 24.1 Å². The van der Waals surface area contributed by atoms with Gasteiger partial charge in [-0.25, -0.2) is 13.4 Å². The van der Waals surface area contributed by atoms with Crippen LogP contribution in [0.3, 0.4) is 0 Å². The molecule has 2 N–H and O–H groups in total. The molecule has 1 aromatic carbocycles. The van der Waals surface area contributed by atoms with Crippen molar-refractivity contribution in [2.75, 3.05) is 6.26 Å². The molecule has 0 saturated heterocycles. The van der Waals surface area contributed by atoms with Gasteiger partial charge in [-0.1, -0.05) is 13.3 Å². The van der Waals surface area contributed by atoms with Gasteiger partial charge < -0.3 is 10.2 Å². The molecule has 2 rings (SSSR count). The molecule has 104 valence electrons. The van der Waals surface area contributed by atoms with E-state index in [1.165, 1.54) is 18.4 Å². The Morgan fingerprint density at radius 1 is 1.42 bits per heavy atom. The fraction of sp³-hybridized carbons (Fsp3) is 0.462. The van der Waals surface area contributed by atoms with E-state index in [1.54, 1.807) is 6.07 Å². The molecule has 1 atom stereocenters. The lowest BCUT2D eigenvalue weighted by molar-refractivity contribution is 0.481. The van der Waals surface area contributed by atoms with Crippen LogP contribution in [0.2, 0.25) is 0 Å². The van der Waals surface area contributed by atoms with Crippen molar-refractivity contribution < 1.29 is 12.8 Å². The van der Waals surface area contributed by atoms with Crippen LogP contribution in [-0.4, -0.2) is 25.7 Å². The minimum absolute atomic E-state index is 0.0208. The summed E-state index contributed by atoms with van der Waals surface area (Å²) in [6, 6.07) is 4.71. The van der Waals surface area contributed by atoms with Gasteiger partial charge in [0.2, 0.25) is 0 Å². The quantitative estimate of drug-likeness (QED) is 0.905. The molecule has 1 aromatic heterocycles. The fourth-order valence-electron chi connectivity index (χ4n) is 1.97. The highest BCUT2D eigenvalue weighted by atomic mass is 32.2. The van der Waals surface area contributed by atoms with Crippen LogP contribution in [0, 0.1) is 0 Å². The van der Waals surface area contributed by atoms with Crippen molar-refractivity contribution in [1.82, 2.24) is 4.98 Å². The third kappa shape index (κ3) is 3.33. The lowest BCUT2D eigenvalue weighted by atomic mass is 10.1. The number of hydrogen-bond acceptors (Lipinski definition) is 5. The highest BCUT2D eigenvalue weighted by molar-refractivity contribution is 7.90. The molecule has 6 heteroatoms. The number of hydrogen-bond donors (Lipinski definition) is 1. The van der Waals surface area contributed by atoms with Gasteiger partial charge in [0.15, 0.2) is 21.3 Å². The Labute approximate surface area is 112 Å². The summed E-state index contributed by atoms with van der Waals surface area (Å²) in [6.07, 6.45) is 3.66. The highest BCUT2D eigenvalue weighted by Gasteiger charge is 2.13. The number of nitrogens with zero attached hydrogens (tertiary/aromatic N) is 1. The summed E-state index contributed by atoms with van der Waals surface area (Å²) in [5, 5.41) is 0. The molecule has 5 nitrogen and oxygen atoms in total. The molecule has 0 aliphatic heterocycles. The molecule has 0 bridgehead atoms. The third-order valence-corrected chi connectivity index (χ3v) is 4.04. The van der Waals surface area contributed by atoms with Crippen LogP contribution in [0.15, 0.2) is 27.5 Å². The Kier molecular flexibility index (Phi) is 3.91. The summed E-state index contributed by atoms with van der Waals surface area (Å²) in [6.45, 7) is 2.07. The lowest BCUT2D eigenvalue weighted by Gasteiger charge is -2.05. The van der Waals surface area contributed by atoms with Crippen LogP contribution < -0.4 is 5.73 Å². The minimum Gasteiger partial charge on any atom is -0.441 e. The van der Waals surface area contributed by atoms with Gasteiger partial charge in [0.1, 0.15) is 5.52 Å². The van der Waals surface area contributed by atoms with Crippen LogP contribution in [-0.2, 0) is 16.3 Å². The molecule has 0 aliphatic rings. The Bertz CT molecular complexity index is 676. The summed E-state index contributed by atoms with van der Waals surface area (Å²) < 4.78 is 28.5. The molecular formula is C13H18N2O3S. The van der Waals surface area contributed by atoms with E-state index in [4.69, 9.17) is 10.2 Å². The number of benzene rings is 1. The first-order valence-corrected chi connectivity index (χ1v) is 8.14. The first-order chi connectivity index (χ1) is 8.90. The molecule has 2 aromatic rings. The number of oxazole rings is 1. The molecule has 0 spiro atoms. The Balaban J connectivity index is 2.31. The Morgan fingerprint density at radius 2 is 2.16 bits per heavy atom. The Hall–Kier alpha value is -1.40. The predicted octanol–water partition coefficient (Wildman–Crippen LogP) is 1.90. The van der Waals surface area contributed by atoms with E-state index in [2.05, 4.69) is 11.9 Å². The molecule has 0 fully saturated rings. The molecule has 0 aliphatic carbocycles. The molecular weight excluding hydrogens is 264 g/mol. The number of nitrogens with two attached hydrogens (primary N) is 1. The highest BCUT2D eigenvalue weighted by Crippen LogP contribution is 2.20.